The summed E-state index contributed by atoms with van der Waals surface area (Å²) in [4.78, 5) is 10.1. The summed E-state index contributed by atoms with van der Waals surface area (Å²) in [5, 5.41) is -0.187. The van der Waals surface area contributed by atoms with Crippen LogP contribution < -0.4 is 0 Å². The summed E-state index contributed by atoms with van der Waals surface area (Å²) in [5.41, 5.74) is -1.09. The minimum atomic E-state index is -1.09. The lowest BCUT2D eigenvalue weighted by Gasteiger charge is -1.84. The molecule has 1 aliphatic heterocycles. The summed E-state index contributed by atoms with van der Waals surface area (Å²) in [6.45, 7) is 0. The van der Waals surface area contributed by atoms with E-state index in [1.165, 1.54) is 12.2 Å². The van der Waals surface area contributed by atoms with Crippen LogP contribution in [-0.4, -0.2) is 10.6 Å². The molecule has 0 saturated carbocycles. The third kappa shape index (κ3) is 1.03. The fourth-order valence-electron chi connectivity index (χ4n) is 0.344. The van der Waals surface area contributed by atoms with Gasteiger partial charge >= 0.3 is 0 Å². The minimum Gasteiger partial charge on any atom is -0.282 e. The number of carbonyl (C=O) groups excluding carboxylic acids is 1. The number of rotatable bonds is 0. The van der Waals surface area contributed by atoms with Crippen LogP contribution >= 0.6 is 11.8 Å². The van der Waals surface area contributed by atoms with Crippen molar-refractivity contribution >= 4 is 16.9 Å². The predicted molar refractivity (Wildman–Crippen MR) is 26.6 cm³/mol. The number of hydrogen-bond donors (Lipinski definition) is 0. The van der Waals surface area contributed by atoms with Crippen LogP contribution in [-0.2, 0) is 4.79 Å². The molecule has 0 radical (unpaired) electrons. The molecule has 0 saturated heterocycles. The van der Waals surface area contributed by atoms with Crippen molar-refractivity contribution in [3.63, 3.8) is 0 Å². The molecule has 1 heterocycles. The van der Waals surface area contributed by atoms with Crippen LogP contribution in [0.3, 0.4) is 0 Å². The minimum absolute atomic E-state index is 0.187. The first-order chi connectivity index (χ1) is 3.29. The van der Waals surface area contributed by atoms with Crippen molar-refractivity contribution in [3.05, 3.63) is 12.2 Å². The van der Waals surface area contributed by atoms with E-state index >= 15 is 0 Å². The highest BCUT2D eigenvalue weighted by molar-refractivity contribution is 8.14. The quantitative estimate of drug-likeness (QED) is 0.474. The zero-order chi connectivity index (χ0) is 5.28. The number of alkyl halides is 1. The summed E-state index contributed by atoms with van der Waals surface area (Å²) in [6, 6.07) is 0. The second-order valence-corrected chi connectivity index (χ2v) is 2.24. The Balaban J connectivity index is 2.58. The van der Waals surface area contributed by atoms with Crippen molar-refractivity contribution in [2.75, 3.05) is 0 Å². The van der Waals surface area contributed by atoms with E-state index in [1.807, 2.05) is 0 Å². The van der Waals surface area contributed by atoms with Gasteiger partial charge in [0, 0.05) is 0 Å². The van der Waals surface area contributed by atoms with E-state index < -0.39 is 5.50 Å². The SMILES string of the molecule is O=C1C=CC(F)S1. The van der Waals surface area contributed by atoms with E-state index in [-0.39, 0.29) is 5.12 Å². The smallest absolute Gasteiger partial charge is 0.215 e. The Morgan fingerprint density at radius 1 is 1.86 bits per heavy atom. The monoisotopic (exact) mass is 118 g/mol. The first kappa shape index (κ1) is 4.84. The average molecular weight is 118 g/mol. The number of halogens is 1. The third-order valence-electron chi connectivity index (χ3n) is 0.612. The van der Waals surface area contributed by atoms with E-state index in [0.29, 0.717) is 11.8 Å². The van der Waals surface area contributed by atoms with Gasteiger partial charge in [-0.2, -0.15) is 0 Å². The van der Waals surface area contributed by atoms with Crippen LogP contribution in [0.5, 0.6) is 0 Å². The predicted octanol–water partition coefficient (Wildman–Crippen LogP) is 1.11. The molecular weight excluding hydrogens is 115 g/mol. The Hall–Kier alpha value is -0.310. The lowest BCUT2D eigenvalue weighted by molar-refractivity contribution is -0.106. The average Bonchev–Trinajstić information content (AvgIpc) is 1.87. The molecule has 0 aromatic carbocycles. The van der Waals surface area contributed by atoms with Crippen LogP contribution in [0.1, 0.15) is 0 Å². The molecule has 1 rings (SSSR count). The van der Waals surface area contributed by atoms with E-state index in [9.17, 15) is 9.18 Å². The molecule has 0 aromatic heterocycles. The van der Waals surface area contributed by atoms with Gasteiger partial charge in [-0.15, -0.1) is 0 Å². The van der Waals surface area contributed by atoms with E-state index in [0.717, 1.165) is 0 Å². The Kier molecular flexibility index (Phi) is 1.15. The van der Waals surface area contributed by atoms with Crippen LogP contribution in [0.15, 0.2) is 12.2 Å². The number of carbonyl (C=O) groups is 1. The molecule has 0 amide bonds. The summed E-state index contributed by atoms with van der Waals surface area (Å²) in [6.07, 6.45) is 2.49. The van der Waals surface area contributed by atoms with Crippen LogP contribution in [0.4, 0.5) is 4.39 Å². The van der Waals surface area contributed by atoms with Crippen LogP contribution in [0.2, 0.25) is 0 Å². The lowest BCUT2D eigenvalue weighted by Crippen LogP contribution is -1.81. The van der Waals surface area contributed by atoms with Gasteiger partial charge in [-0.25, -0.2) is 4.39 Å². The van der Waals surface area contributed by atoms with Gasteiger partial charge in [0.2, 0.25) is 5.12 Å². The Labute approximate surface area is 44.6 Å². The normalized spacial score (nSPS) is 29.3. The Morgan fingerprint density at radius 3 is 2.71 bits per heavy atom. The zero-order valence-electron chi connectivity index (χ0n) is 3.43. The van der Waals surface area contributed by atoms with Crippen molar-refractivity contribution in [2.24, 2.45) is 0 Å². The molecule has 0 aliphatic carbocycles. The molecular formula is C4H3FOS. The maximum absolute atomic E-state index is 11.8. The molecule has 0 aromatic rings. The van der Waals surface area contributed by atoms with Crippen molar-refractivity contribution in [1.29, 1.82) is 0 Å². The zero-order valence-corrected chi connectivity index (χ0v) is 4.24. The molecule has 1 unspecified atom stereocenters. The van der Waals surface area contributed by atoms with Crippen molar-refractivity contribution in [1.82, 2.24) is 0 Å². The van der Waals surface area contributed by atoms with Gasteiger partial charge in [0.05, 0.1) is 0 Å². The summed E-state index contributed by atoms with van der Waals surface area (Å²) in [7, 11) is 0. The molecule has 0 bridgehead atoms. The van der Waals surface area contributed by atoms with Gasteiger partial charge in [-0.1, -0.05) is 0 Å². The first-order valence-corrected chi connectivity index (χ1v) is 2.70. The highest BCUT2D eigenvalue weighted by atomic mass is 32.2. The van der Waals surface area contributed by atoms with Gasteiger partial charge in [-0.05, 0) is 23.9 Å². The number of hydrogen-bond acceptors (Lipinski definition) is 2. The lowest BCUT2D eigenvalue weighted by atomic mass is 10.6. The Morgan fingerprint density at radius 2 is 2.57 bits per heavy atom. The van der Waals surface area contributed by atoms with Gasteiger partial charge in [0.1, 0.15) is 0 Å². The highest BCUT2D eigenvalue weighted by Gasteiger charge is 2.13. The van der Waals surface area contributed by atoms with Crippen molar-refractivity contribution in [2.45, 2.75) is 5.50 Å². The summed E-state index contributed by atoms with van der Waals surface area (Å²) < 4.78 is 11.8. The van der Waals surface area contributed by atoms with Crippen molar-refractivity contribution in [3.8, 4) is 0 Å². The molecule has 7 heavy (non-hydrogen) atoms. The van der Waals surface area contributed by atoms with Gasteiger partial charge in [0.15, 0.2) is 5.50 Å². The van der Waals surface area contributed by atoms with E-state index in [4.69, 9.17) is 0 Å². The van der Waals surface area contributed by atoms with Gasteiger partial charge in [0.25, 0.3) is 0 Å². The fraction of sp³-hybridized carbons (Fsp3) is 0.250. The summed E-state index contributed by atoms with van der Waals surface area (Å²) >= 11 is 0.704. The molecule has 0 spiro atoms. The molecule has 3 heteroatoms. The summed E-state index contributed by atoms with van der Waals surface area (Å²) in [5.74, 6) is 0. The molecule has 0 fully saturated rings. The molecule has 1 atom stereocenters. The maximum atomic E-state index is 11.8. The topological polar surface area (TPSA) is 17.1 Å². The third-order valence-corrected chi connectivity index (χ3v) is 1.36. The first-order valence-electron chi connectivity index (χ1n) is 1.82. The molecule has 1 nitrogen and oxygen atoms in total. The van der Waals surface area contributed by atoms with E-state index in [2.05, 4.69) is 0 Å². The molecule has 38 valence electrons. The second kappa shape index (κ2) is 1.66. The van der Waals surface area contributed by atoms with Gasteiger partial charge < -0.3 is 0 Å². The van der Waals surface area contributed by atoms with Crippen molar-refractivity contribution < 1.29 is 9.18 Å². The molecule has 1 aliphatic rings. The van der Waals surface area contributed by atoms with Crippen LogP contribution in [0.25, 0.3) is 0 Å². The number of thioether (sulfide) groups is 1. The Bertz CT molecular complexity index is 121. The fourth-order valence-corrected chi connectivity index (χ4v) is 0.880. The largest absolute Gasteiger partial charge is 0.282 e. The van der Waals surface area contributed by atoms with Gasteiger partial charge in [-0.3, -0.25) is 4.79 Å². The maximum Gasteiger partial charge on any atom is 0.215 e. The van der Waals surface area contributed by atoms with Crippen LogP contribution in [0, 0.1) is 0 Å². The standard InChI is InChI=1S/C4H3FOS/c5-3-1-2-4(6)7-3/h1-3H. The highest BCUT2D eigenvalue weighted by Crippen LogP contribution is 2.21. The molecule has 0 N–H and O–H groups in total. The van der Waals surface area contributed by atoms with E-state index in [1.54, 1.807) is 0 Å². The second-order valence-electron chi connectivity index (χ2n) is 1.15.